The number of nitrogens with zero attached hydrogens (tertiary/aromatic N) is 2. The van der Waals surface area contributed by atoms with E-state index in [2.05, 4.69) is 56.4 Å². The Labute approximate surface area is 335 Å². The van der Waals surface area contributed by atoms with Gasteiger partial charge in [-0.05, 0) is 106 Å². The molecule has 5 saturated heterocycles. The first-order valence-electron chi connectivity index (χ1n) is 22.1. The fraction of sp³-hybridized carbons (Fsp3) is 0.756. The van der Waals surface area contributed by atoms with Gasteiger partial charge in [0.2, 0.25) is 11.8 Å². The third-order valence-corrected chi connectivity index (χ3v) is 16.2. The highest BCUT2D eigenvalue weighted by Crippen LogP contribution is 2.64. The van der Waals surface area contributed by atoms with Gasteiger partial charge < -0.3 is 34.3 Å². The maximum Gasteiger partial charge on any atom is 0.327 e. The molecular weight excluding hydrogens is 727 g/mol. The average Bonchev–Trinajstić information content (AvgIpc) is 4.16. The predicted octanol–water partition coefficient (Wildman–Crippen LogP) is 4.66. The van der Waals surface area contributed by atoms with Crippen molar-refractivity contribution in [2.45, 2.75) is 158 Å². The fourth-order valence-corrected chi connectivity index (χ4v) is 12.8. The molecule has 12 nitrogen and oxygen atoms in total. The molecule has 5 heterocycles. The number of epoxide rings is 1. The number of hydrogen-bond acceptors (Lipinski definition) is 10. The predicted molar refractivity (Wildman–Crippen MR) is 205 cm³/mol. The van der Waals surface area contributed by atoms with E-state index in [1.807, 2.05) is 0 Å². The van der Waals surface area contributed by atoms with Crippen LogP contribution >= 0.6 is 0 Å². The van der Waals surface area contributed by atoms with Gasteiger partial charge in [0.15, 0.2) is 11.8 Å². The molecule has 0 radical (unpaired) electrons. The van der Waals surface area contributed by atoms with E-state index in [4.69, 9.17) is 23.8 Å². The zero-order valence-corrected chi connectivity index (χ0v) is 33.7. The number of rotatable bonds is 9. The summed E-state index contributed by atoms with van der Waals surface area (Å²) in [5.74, 6) is 0.0719. The van der Waals surface area contributed by atoms with Crippen LogP contribution in [0.5, 0.6) is 0 Å². The molecule has 1 aromatic carbocycles. The molecule has 57 heavy (non-hydrogen) atoms. The molecule has 308 valence electrons. The second-order valence-electron chi connectivity index (χ2n) is 20.2. The van der Waals surface area contributed by atoms with E-state index in [-0.39, 0.29) is 55.4 Å². The van der Waals surface area contributed by atoms with Gasteiger partial charge in [0.1, 0.15) is 35.9 Å². The first kappa shape index (κ1) is 37.2. The van der Waals surface area contributed by atoms with Crippen LogP contribution in [0, 0.1) is 34.5 Å². The minimum Gasteiger partial charge on any atom is -0.458 e. The Kier molecular flexibility index (Phi) is 8.51. The minimum atomic E-state index is -1.32. The summed E-state index contributed by atoms with van der Waals surface area (Å²) in [6.45, 7) is 7.74. The molecule has 10 aliphatic rings. The van der Waals surface area contributed by atoms with Gasteiger partial charge in [0, 0.05) is 31.3 Å². The molecule has 12 heteroatoms. The molecule has 0 aromatic heterocycles. The zero-order valence-electron chi connectivity index (χ0n) is 33.7. The Morgan fingerprint density at radius 1 is 0.947 bits per heavy atom. The van der Waals surface area contributed by atoms with Gasteiger partial charge in [-0.1, -0.05) is 49.8 Å². The number of allylic oxidation sites excluding steroid dienone is 1. The molecule has 5 aliphatic carbocycles. The van der Waals surface area contributed by atoms with E-state index < -0.39 is 53.7 Å². The van der Waals surface area contributed by atoms with Crippen molar-refractivity contribution in [1.29, 1.82) is 0 Å². The maximum atomic E-state index is 15.3. The number of amides is 2. The van der Waals surface area contributed by atoms with Gasteiger partial charge in [0.25, 0.3) is 0 Å². The first-order valence-corrected chi connectivity index (χ1v) is 22.1. The van der Waals surface area contributed by atoms with Crippen molar-refractivity contribution in [3.63, 3.8) is 0 Å². The van der Waals surface area contributed by atoms with Crippen molar-refractivity contribution in [2.75, 3.05) is 19.7 Å². The summed E-state index contributed by atoms with van der Waals surface area (Å²) in [5, 5.41) is 13.9. The van der Waals surface area contributed by atoms with E-state index in [1.165, 1.54) is 18.4 Å². The topological polar surface area (TPSA) is 139 Å². The Hall–Kier alpha value is -2.87. The van der Waals surface area contributed by atoms with Crippen LogP contribution in [-0.2, 0) is 44.7 Å². The summed E-state index contributed by atoms with van der Waals surface area (Å²) in [6, 6.07) is 6.83. The van der Waals surface area contributed by atoms with E-state index >= 15 is 4.79 Å². The quantitative estimate of drug-likeness (QED) is 0.269. The van der Waals surface area contributed by atoms with Crippen molar-refractivity contribution in [2.24, 2.45) is 34.5 Å². The van der Waals surface area contributed by atoms with Gasteiger partial charge in [-0.2, -0.15) is 5.06 Å². The number of esters is 1. The molecule has 2 amide bonds. The number of hydroxylamine groups is 2. The van der Waals surface area contributed by atoms with Crippen LogP contribution in [0.15, 0.2) is 29.8 Å². The third-order valence-electron chi connectivity index (χ3n) is 16.2. The maximum absolute atomic E-state index is 15.3. The lowest BCUT2D eigenvalue weighted by Crippen LogP contribution is -2.70. The lowest BCUT2D eigenvalue weighted by Gasteiger charge is -2.53. The minimum absolute atomic E-state index is 0.0534. The highest BCUT2D eigenvalue weighted by atomic mass is 16.8. The smallest absolute Gasteiger partial charge is 0.327 e. The number of nitrogens with one attached hydrogen (secondary N) is 1. The van der Waals surface area contributed by atoms with Gasteiger partial charge in [-0.25, -0.2) is 0 Å². The number of aliphatic hydroxyl groups is 1. The highest BCUT2D eigenvalue weighted by Gasteiger charge is 2.78. The number of likely N-dealkylation sites (tertiary alicyclic amines) is 1. The van der Waals surface area contributed by atoms with Crippen LogP contribution < -0.4 is 5.32 Å². The molecular formula is C45H59N3O9. The van der Waals surface area contributed by atoms with Crippen LogP contribution in [-0.4, -0.2) is 107 Å². The summed E-state index contributed by atoms with van der Waals surface area (Å²) in [5.41, 5.74) is 2.74. The highest BCUT2D eigenvalue weighted by molar-refractivity contribution is 5.96. The van der Waals surface area contributed by atoms with Crippen LogP contribution in [0.1, 0.15) is 109 Å². The van der Waals surface area contributed by atoms with Gasteiger partial charge in [-0.15, -0.1) is 0 Å². The van der Waals surface area contributed by atoms with Crippen molar-refractivity contribution < 1.29 is 43.3 Å². The standard InChI is InChI=1S/C45H59N3O9/c1-42(2)22-30-27(10-15-34-43(3,54-34)17-16-31(30)42)21-25-6-8-26(9-7-25)24-48-37-40(51)53-33-23-44(37,41(52)47-19-4-5-32(47)39(50)46-18-20-49)38(57-48)36-35(33)55-45(56-36,28-11-12-28)29-13-14-29/h6-9,21,28-38,49H,4-5,10-20,22-24H2,1-3H3,(H,46,50). The summed E-state index contributed by atoms with van der Waals surface area (Å²) in [7, 11) is 0. The average molecular weight is 786 g/mol. The van der Waals surface area contributed by atoms with E-state index in [0.29, 0.717) is 42.7 Å². The van der Waals surface area contributed by atoms with Crippen molar-refractivity contribution >= 4 is 23.9 Å². The molecule has 11 unspecified atom stereocenters. The van der Waals surface area contributed by atoms with Crippen LogP contribution in [0.3, 0.4) is 0 Å². The number of benzene rings is 1. The molecule has 2 N–H and O–H groups in total. The summed E-state index contributed by atoms with van der Waals surface area (Å²) >= 11 is 0. The van der Waals surface area contributed by atoms with Crippen LogP contribution in [0.2, 0.25) is 0 Å². The molecule has 10 fully saturated rings. The number of carbonyl (C=O) groups excluding carboxylic acids is 3. The molecule has 5 saturated carbocycles. The van der Waals surface area contributed by atoms with E-state index in [1.54, 1.807) is 9.96 Å². The van der Waals surface area contributed by atoms with Crippen molar-refractivity contribution in [1.82, 2.24) is 15.3 Å². The number of ether oxygens (including phenoxy) is 4. The zero-order chi connectivity index (χ0) is 39.1. The van der Waals surface area contributed by atoms with Gasteiger partial charge in [0.05, 0.1) is 24.9 Å². The monoisotopic (exact) mass is 785 g/mol. The van der Waals surface area contributed by atoms with Crippen LogP contribution in [0.4, 0.5) is 0 Å². The largest absolute Gasteiger partial charge is 0.458 e. The van der Waals surface area contributed by atoms with Crippen molar-refractivity contribution in [3.8, 4) is 0 Å². The molecule has 11 atom stereocenters. The number of hydrogen-bond donors (Lipinski definition) is 2. The molecule has 2 bridgehead atoms. The lowest BCUT2D eigenvalue weighted by atomic mass is 9.52. The van der Waals surface area contributed by atoms with Crippen molar-refractivity contribution in [3.05, 3.63) is 41.0 Å². The summed E-state index contributed by atoms with van der Waals surface area (Å²) < 4.78 is 26.4. The molecule has 5 aliphatic heterocycles. The summed E-state index contributed by atoms with van der Waals surface area (Å²) in [6.07, 6.45) is 11.5. The third kappa shape index (κ3) is 5.77. The Bertz CT molecular complexity index is 1850. The Balaban J connectivity index is 0.892. The Morgan fingerprint density at radius 3 is 2.42 bits per heavy atom. The molecule has 11 rings (SSSR count). The fourth-order valence-electron chi connectivity index (χ4n) is 12.8. The second-order valence-corrected chi connectivity index (χ2v) is 20.2. The lowest BCUT2D eigenvalue weighted by molar-refractivity contribution is -0.235. The van der Waals surface area contributed by atoms with Crippen LogP contribution in [0.25, 0.3) is 6.08 Å². The number of carbonyl (C=O) groups is 3. The molecule has 0 spiro atoms. The first-order chi connectivity index (χ1) is 27.4. The van der Waals surface area contributed by atoms with Gasteiger partial charge >= 0.3 is 5.97 Å². The molecule has 1 aromatic rings. The number of aliphatic hydroxyl groups excluding tert-OH is 1. The van der Waals surface area contributed by atoms with E-state index in [9.17, 15) is 14.7 Å². The number of fused-ring (bicyclic) bond motifs is 6. The van der Waals surface area contributed by atoms with Gasteiger partial charge in [-0.3, -0.25) is 19.2 Å². The second kappa shape index (κ2) is 13.1. The summed E-state index contributed by atoms with van der Waals surface area (Å²) in [4.78, 5) is 51.5. The normalized spacial score (nSPS) is 43.2. The Morgan fingerprint density at radius 2 is 1.70 bits per heavy atom. The SMILES string of the molecule is CC1(C)CC2C(=Cc3ccc(CN4OC5C6OC(C7CC7)(C7CC7)OC6C6CC5(C(=O)N5CCCC5C(=O)NCCO)C4C(=O)O6)cc3)CCC3OC3(C)CCC21. The van der Waals surface area contributed by atoms with E-state index in [0.717, 1.165) is 56.1 Å².